The van der Waals surface area contributed by atoms with Crippen molar-refractivity contribution in [2.24, 2.45) is 0 Å². The van der Waals surface area contributed by atoms with Gasteiger partial charge in [-0.1, -0.05) is 12.1 Å². The summed E-state index contributed by atoms with van der Waals surface area (Å²) < 4.78 is 0. The van der Waals surface area contributed by atoms with Crippen LogP contribution in [0.1, 0.15) is 33.8 Å². The largest absolute Gasteiger partial charge is 0.508 e. The minimum Gasteiger partial charge on any atom is -0.508 e. The van der Waals surface area contributed by atoms with Crippen LogP contribution >= 0.6 is 11.3 Å². The zero-order valence-corrected chi connectivity index (χ0v) is 11.8. The van der Waals surface area contributed by atoms with E-state index in [0.29, 0.717) is 11.8 Å². The first-order valence-electron chi connectivity index (χ1n) is 6.14. The highest BCUT2D eigenvalue weighted by atomic mass is 32.1. The van der Waals surface area contributed by atoms with Crippen molar-refractivity contribution in [3.05, 3.63) is 51.2 Å². The lowest BCUT2D eigenvalue weighted by atomic mass is 10.1. The minimum absolute atomic E-state index is 0.324. The molecule has 1 aromatic carbocycles. The number of benzene rings is 1. The molecule has 0 radical (unpaired) electrons. The molecule has 2 N–H and O–H groups in total. The number of phenols is 1. The molecular formula is C15H19NOS. The van der Waals surface area contributed by atoms with Crippen LogP contribution in [0.15, 0.2) is 30.3 Å². The third kappa shape index (κ3) is 3.12. The molecule has 0 saturated heterocycles. The fraction of sp³-hybridized carbons (Fsp3) is 0.333. The number of aromatic hydroxyl groups is 1. The van der Waals surface area contributed by atoms with Gasteiger partial charge in [-0.2, -0.15) is 0 Å². The molecule has 3 heteroatoms. The second-order valence-corrected chi connectivity index (χ2v) is 6.10. The fourth-order valence-corrected chi connectivity index (χ4v) is 3.15. The van der Waals surface area contributed by atoms with E-state index in [1.807, 2.05) is 23.5 Å². The highest BCUT2D eigenvalue weighted by molar-refractivity contribution is 7.12. The molecule has 1 atom stereocenters. The summed E-state index contributed by atoms with van der Waals surface area (Å²) in [6.45, 7) is 7.25. The topological polar surface area (TPSA) is 32.3 Å². The number of nitrogens with one attached hydrogen (secondary N) is 1. The van der Waals surface area contributed by atoms with Gasteiger partial charge in [0.15, 0.2) is 0 Å². The third-order valence-corrected chi connectivity index (χ3v) is 4.05. The summed E-state index contributed by atoms with van der Waals surface area (Å²) in [6.07, 6.45) is 0. The van der Waals surface area contributed by atoms with Gasteiger partial charge in [0.2, 0.25) is 0 Å². The van der Waals surface area contributed by atoms with Crippen molar-refractivity contribution in [3.63, 3.8) is 0 Å². The number of hydrogen-bond acceptors (Lipinski definition) is 3. The average molecular weight is 261 g/mol. The van der Waals surface area contributed by atoms with Crippen molar-refractivity contribution in [3.8, 4) is 5.75 Å². The summed E-state index contributed by atoms with van der Waals surface area (Å²) in [6, 6.07) is 9.96. The van der Waals surface area contributed by atoms with Crippen molar-refractivity contribution in [1.82, 2.24) is 5.32 Å². The highest BCUT2D eigenvalue weighted by Crippen LogP contribution is 2.26. The van der Waals surface area contributed by atoms with E-state index in [1.165, 1.54) is 15.3 Å². The maximum atomic E-state index is 9.42. The van der Waals surface area contributed by atoms with Gasteiger partial charge in [-0.3, -0.25) is 0 Å². The molecule has 0 aliphatic heterocycles. The van der Waals surface area contributed by atoms with E-state index in [4.69, 9.17) is 0 Å². The normalized spacial score (nSPS) is 12.6. The molecule has 96 valence electrons. The Morgan fingerprint density at radius 3 is 2.67 bits per heavy atom. The molecule has 0 saturated carbocycles. The van der Waals surface area contributed by atoms with Gasteiger partial charge in [0, 0.05) is 22.3 Å². The summed E-state index contributed by atoms with van der Waals surface area (Å²) in [5.41, 5.74) is 2.48. The Morgan fingerprint density at radius 2 is 2.06 bits per heavy atom. The van der Waals surface area contributed by atoms with Gasteiger partial charge >= 0.3 is 0 Å². The SMILES string of the molecule is Cc1cc(C(C)NCc2cccc(O)c2)c(C)s1. The predicted octanol–water partition coefficient (Wildman–Crippen LogP) is 3.92. The van der Waals surface area contributed by atoms with Crippen LogP contribution in [0, 0.1) is 13.8 Å². The van der Waals surface area contributed by atoms with E-state index in [2.05, 4.69) is 32.2 Å². The van der Waals surface area contributed by atoms with E-state index < -0.39 is 0 Å². The first kappa shape index (κ1) is 13.1. The van der Waals surface area contributed by atoms with Crippen molar-refractivity contribution in [2.45, 2.75) is 33.4 Å². The number of aryl methyl sites for hydroxylation is 2. The van der Waals surface area contributed by atoms with Gasteiger partial charge in [0.1, 0.15) is 5.75 Å². The molecule has 1 unspecified atom stereocenters. The average Bonchev–Trinajstić information content (AvgIpc) is 2.66. The number of thiophene rings is 1. The summed E-state index contributed by atoms with van der Waals surface area (Å²) in [4.78, 5) is 2.73. The monoisotopic (exact) mass is 261 g/mol. The van der Waals surface area contributed by atoms with Crippen LogP contribution in [0.2, 0.25) is 0 Å². The second-order valence-electron chi connectivity index (χ2n) is 4.64. The zero-order valence-electron chi connectivity index (χ0n) is 11.0. The molecule has 0 fully saturated rings. The molecule has 0 spiro atoms. The highest BCUT2D eigenvalue weighted by Gasteiger charge is 2.10. The van der Waals surface area contributed by atoms with Crippen LogP contribution in [0.3, 0.4) is 0 Å². The lowest BCUT2D eigenvalue weighted by Gasteiger charge is -2.14. The number of rotatable bonds is 4. The molecule has 2 aromatic rings. The fourth-order valence-electron chi connectivity index (χ4n) is 2.13. The van der Waals surface area contributed by atoms with E-state index in [1.54, 1.807) is 12.1 Å². The molecule has 1 heterocycles. The van der Waals surface area contributed by atoms with Gasteiger partial charge in [0.05, 0.1) is 0 Å². The van der Waals surface area contributed by atoms with Crippen molar-refractivity contribution < 1.29 is 5.11 Å². The molecule has 0 aliphatic rings. The van der Waals surface area contributed by atoms with Gasteiger partial charge < -0.3 is 10.4 Å². The summed E-state index contributed by atoms with van der Waals surface area (Å²) in [5, 5.41) is 12.9. The Morgan fingerprint density at radius 1 is 1.28 bits per heavy atom. The smallest absolute Gasteiger partial charge is 0.115 e. The van der Waals surface area contributed by atoms with Gasteiger partial charge in [-0.05, 0) is 50.1 Å². The predicted molar refractivity (Wildman–Crippen MR) is 77.2 cm³/mol. The molecule has 2 rings (SSSR count). The maximum Gasteiger partial charge on any atom is 0.115 e. The number of phenolic OH excluding ortho intramolecular Hbond substituents is 1. The van der Waals surface area contributed by atoms with Crippen molar-refractivity contribution in [2.75, 3.05) is 0 Å². The summed E-state index contributed by atoms with van der Waals surface area (Å²) in [5.74, 6) is 0.324. The van der Waals surface area contributed by atoms with Crippen LogP contribution in [0.5, 0.6) is 5.75 Å². The van der Waals surface area contributed by atoms with E-state index in [0.717, 1.165) is 12.1 Å². The van der Waals surface area contributed by atoms with Gasteiger partial charge in [-0.25, -0.2) is 0 Å². The van der Waals surface area contributed by atoms with Crippen LogP contribution in [0.4, 0.5) is 0 Å². The Labute approximate surface area is 112 Å². The van der Waals surface area contributed by atoms with E-state index >= 15 is 0 Å². The van der Waals surface area contributed by atoms with Crippen molar-refractivity contribution >= 4 is 11.3 Å². The first-order chi connectivity index (χ1) is 8.56. The van der Waals surface area contributed by atoms with Gasteiger partial charge in [-0.15, -0.1) is 11.3 Å². The van der Waals surface area contributed by atoms with E-state index in [9.17, 15) is 5.11 Å². The number of hydrogen-bond donors (Lipinski definition) is 2. The molecule has 18 heavy (non-hydrogen) atoms. The van der Waals surface area contributed by atoms with Crippen LogP contribution in [0.25, 0.3) is 0 Å². The lowest BCUT2D eigenvalue weighted by molar-refractivity contribution is 0.473. The Hall–Kier alpha value is -1.32. The maximum absolute atomic E-state index is 9.42. The minimum atomic E-state index is 0.324. The molecule has 1 aromatic heterocycles. The first-order valence-corrected chi connectivity index (χ1v) is 6.96. The van der Waals surface area contributed by atoms with Crippen LogP contribution in [-0.2, 0) is 6.54 Å². The summed E-state index contributed by atoms with van der Waals surface area (Å²) in [7, 11) is 0. The van der Waals surface area contributed by atoms with Crippen LogP contribution < -0.4 is 5.32 Å². The molecule has 0 aliphatic carbocycles. The quantitative estimate of drug-likeness (QED) is 0.874. The Bertz CT molecular complexity index is 533. The molecule has 2 nitrogen and oxygen atoms in total. The Balaban J connectivity index is 2.00. The van der Waals surface area contributed by atoms with Crippen LogP contribution in [-0.4, -0.2) is 5.11 Å². The summed E-state index contributed by atoms with van der Waals surface area (Å²) >= 11 is 1.84. The Kier molecular flexibility index (Phi) is 4.04. The third-order valence-electron chi connectivity index (χ3n) is 3.07. The lowest BCUT2D eigenvalue weighted by Crippen LogP contribution is -2.18. The second kappa shape index (κ2) is 5.55. The van der Waals surface area contributed by atoms with Gasteiger partial charge in [0.25, 0.3) is 0 Å². The standard InChI is InChI=1S/C15H19NOS/c1-10-7-15(12(3)18-10)11(2)16-9-13-5-4-6-14(17)8-13/h4-8,11,16-17H,9H2,1-3H3. The molecule has 0 bridgehead atoms. The zero-order chi connectivity index (χ0) is 13.1. The van der Waals surface area contributed by atoms with Crippen molar-refractivity contribution in [1.29, 1.82) is 0 Å². The molecular weight excluding hydrogens is 242 g/mol. The van der Waals surface area contributed by atoms with E-state index in [-0.39, 0.29) is 0 Å². The molecule has 0 amide bonds.